The lowest BCUT2D eigenvalue weighted by molar-refractivity contribution is -0.113. The van der Waals surface area contributed by atoms with Crippen molar-refractivity contribution in [1.82, 2.24) is 19.5 Å². The van der Waals surface area contributed by atoms with Crippen molar-refractivity contribution in [2.75, 3.05) is 11.1 Å². The largest absolute Gasteiger partial charge is 0.353 e. The smallest absolute Gasteiger partial charge is 0.278 e. The number of thioether (sulfide) groups is 1. The Kier molecular flexibility index (Phi) is 5.86. The maximum Gasteiger partial charge on any atom is 0.278 e. The molecule has 0 radical (unpaired) electrons. The molecule has 0 spiro atoms. The quantitative estimate of drug-likeness (QED) is 0.372. The predicted molar refractivity (Wildman–Crippen MR) is 109 cm³/mol. The van der Waals surface area contributed by atoms with E-state index in [0.29, 0.717) is 28.4 Å². The standard InChI is InChI=1S/C18H20ClN5O2S/c1-10(2)8-24-17(26)15-13(7-11(3)21-15)23-18(24)27-9-14(25)22-12-5-4-6-20-16(12)19/h4-7,10,21H,8-9H2,1-3H3,(H,22,25). The van der Waals surface area contributed by atoms with E-state index in [1.807, 2.05) is 26.8 Å². The van der Waals surface area contributed by atoms with Crippen LogP contribution in [0.4, 0.5) is 5.69 Å². The summed E-state index contributed by atoms with van der Waals surface area (Å²) in [5.74, 6) is 0.121. The number of aromatic nitrogens is 4. The van der Waals surface area contributed by atoms with Crippen LogP contribution in [0.1, 0.15) is 19.5 Å². The number of carbonyl (C=O) groups excluding carboxylic acids is 1. The van der Waals surface area contributed by atoms with Crippen molar-refractivity contribution in [3.63, 3.8) is 0 Å². The van der Waals surface area contributed by atoms with Crippen molar-refractivity contribution in [1.29, 1.82) is 0 Å². The number of H-pyrrole nitrogens is 1. The van der Waals surface area contributed by atoms with E-state index in [9.17, 15) is 9.59 Å². The Bertz CT molecular complexity index is 1040. The van der Waals surface area contributed by atoms with E-state index in [2.05, 4.69) is 20.3 Å². The predicted octanol–water partition coefficient (Wildman–Crippen LogP) is 3.47. The second-order valence-electron chi connectivity index (χ2n) is 6.60. The maximum absolute atomic E-state index is 12.8. The number of anilines is 1. The van der Waals surface area contributed by atoms with Crippen LogP contribution in [0.2, 0.25) is 5.15 Å². The van der Waals surface area contributed by atoms with E-state index in [0.717, 1.165) is 5.69 Å². The van der Waals surface area contributed by atoms with Gasteiger partial charge in [0.1, 0.15) is 5.52 Å². The number of rotatable bonds is 6. The molecule has 0 aliphatic heterocycles. The lowest BCUT2D eigenvalue weighted by Gasteiger charge is -2.14. The van der Waals surface area contributed by atoms with Crippen LogP contribution in [0.3, 0.4) is 0 Å². The lowest BCUT2D eigenvalue weighted by atomic mass is 10.2. The van der Waals surface area contributed by atoms with E-state index in [-0.39, 0.29) is 28.3 Å². The summed E-state index contributed by atoms with van der Waals surface area (Å²) in [5.41, 5.74) is 2.30. The number of nitrogens with one attached hydrogen (secondary N) is 2. The van der Waals surface area contributed by atoms with Gasteiger partial charge in [-0.05, 0) is 31.0 Å². The highest BCUT2D eigenvalue weighted by Crippen LogP contribution is 2.21. The normalized spacial score (nSPS) is 11.3. The van der Waals surface area contributed by atoms with Crippen molar-refractivity contribution in [3.05, 3.63) is 45.6 Å². The SMILES string of the molecule is Cc1cc2nc(SCC(=O)Nc3cccnc3Cl)n(CC(C)C)c(=O)c2[nH]1. The van der Waals surface area contributed by atoms with Crippen molar-refractivity contribution in [2.45, 2.75) is 32.5 Å². The molecular weight excluding hydrogens is 386 g/mol. The number of carbonyl (C=O) groups is 1. The minimum Gasteiger partial charge on any atom is -0.353 e. The van der Waals surface area contributed by atoms with Gasteiger partial charge >= 0.3 is 0 Å². The van der Waals surface area contributed by atoms with E-state index >= 15 is 0 Å². The van der Waals surface area contributed by atoms with Crippen LogP contribution in [-0.4, -0.2) is 31.2 Å². The summed E-state index contributed by atoms with van der Waals surface area (Å²) in [7, 11) is 0. The molecule has 3 rings (SSSR count). The zero-order valence-electron chi connectivity index (χ0n) is 15.2. The molecule has 142 valence electrons. The van der Waals surface area contributed by atoms with Gasteiger partial charge in [0.05, 0.1) is 17.0 Å². The number of amides is 1. The summed E-state index contributed by atoms with van der Waals surface area (Å²) in [5, 5.41) is 3.47. The van der Waals surface area contributed by atoms with Gasteiger partial charge in [0, 0.05) is 18.4 Å². The number of halogens is 1. The molecule has 9 heteroatoms. The third-order valence-electron chi connectivity index (χ3n) is 3.75. The summed E-state index contributed by atoms with van der Waals surface area (Å²) < 4.78 is 1.62. The average molecular weight is 406 g/mol. The molecule has 3 aromatic heterocycles. The zero-order chi connectivity index (χ0) is 19.6. The molecule has 27 heavy (non-hydrogen) atoms. The van der Waals surface area contributed by atoms with Gasteiger partial charge in [-0.1, -0.05) is 37.2 Å². The molecule has 0 saturated carbocycles. The Labute approximate surface area is 165 Å². The molecule has 0 saturated heterocycles. The first kappa shape index (κ1) is 19.4. The van der Waals surface area contributed by atoms with Crippen molar-refractivity contribution in [3.8, 4) is 0 Å². The summed E-state index contributed by atoms with van der Waals surface area (Å²) >= 11 is 7.19. The Morgan fingerprint density at radius 1 is 1.44 bits per heavy atom. The maximum atomic E-state index is 12.8. The van der Waals surface area contributed by atoms with Gasteiger partial charge < -0.3 is 10.3 Å². The van der Waals surface area contributed by atoms with Crippen LogP contribution in [0.15, 0.2) is 34.3 Å². The zero-order valence-corrected chi connectivity index (χ0v) is 16.8. The first-order valence-electron chi connectivity index (χ1n) is 8.48. The van der Waals surface area contributed by atoms with Crippen LogP contribution in [0, 0.1) is 12.8 Å². The van der Waals surface area contributed by atoms with Crippen LogP contribution in [-0.2, 0) is 11.3 Å². The van der Waals surface area contributed by atoms with Gasteiger partial charge in [0.15, 0.2) is 10.3 Å². The number of aromatic amines is 1. The first-order valence-corrected chi connectivity index (χ1v) is 9.85. The Morgan fingerprint density at radius 3 is 2.93 bits per heavy atom. The molecule has 0 aliphatic rings. The topological polar surface area (TPSA) is 92.7 Å². The Morgan fingerprint density at radius 2 is 2.22 bits per heavy atom. The van der Waals surface area contributed by atoms with E-state index in [4.69, 9.17) is 11.6 Å². The monoisotopic (exact) mass is 405 g/mol. The van der Waals surface area contributed by atoms with Gasteiger partial charge in [0.2, 0.25) is 5.91 Å². The summed E-state index contributed by atoms with van der Waals surface area (Å²) in [4.78, 5) is 36.7. The fourth-order valence-corrected chi connectivity index (χ4v) is 3.62. The molecule has 0 atom stereocenters. The molecule has 3 heterocycles. The second kappa shape index (κ2) is 8.14. The molecule has 3 aromatic rings. The number of hydrogen-bond donors (Lipinski definition) is 2. The minimum atomic E-state index is -0.245. The number of nitrogens with zero attached hydrogens (tertiary/aromatic N) is 3. The van der Waals surface area contributed by atoms with Crippen molar-refractivity contribution < 1.29 is 4.79 Å². The second-order valence-corrected chi connectivity index (χ2v) is 7.90. The van der Waals surface area contributed by atoms with Gasteiger partial charge in [-0.3, -0.25) is 14.2 Å². The van der Waals surface area contributed by atoms with Gasteiger partial charge in [-0.25, -0.2) is 9.97 Å². The van der Waals surface area contributed by atoms with Crippen LogP contribution < -0.4 is 10.9 Å². The molecule has 7 nitrogen and oxygen atoms in total. The summed E-state index contributed by atoms with van der Waals surface area (Å²) in [6.07, 6.45) is 1.55. The third-order valence-corrected chi connectivity index (χ3v) is 5.03. The third kappa shape index (κ3) is 4.51. The van der Waals surface area contributed by atoms with Crippen LogP contribution >= 0.6 is 23.4 Å². The lowest BCUT2D eigenvalue weighted by Crippen LogP contribution is -2.26. The molecule has 0 fully saturated rings. The molecule has 0 aliphatic carbocycles. The fourth-order valence-electron chi connectivity index (χ4n) is 2.64. The number of fused-ring (bicyclic) bond motifs is 1. The van der Waals surface area contributed by atoms with Crippen molar-refractivity contribution in [2.24, 2.45) is 5.92 Å². The summed E-state index contributed by atoms with van der Waals surface area (Å²) in [6, 6.07) is 5.20. The van der Waals surface area contributed by atoms with E-state index < -0.39 is 0 Å². The summed E-state index contributed by atoms with van der Waals surface area (Å²) in [6.45, 7) is 6.47. The number of hydrogen-bond acceptors (Lipinski definition) is 5. The molecule has 0 bridgehead atoms. The molecule has 1 amide bonds. The highest BCUT2D eigenvalue weighted by atomic mass is 35.5. The highest BCUT2D eigenvalue weighted by Gasteiger charge is 2.16. The first-order chi connectivity index (χ1) is 12.8. The van der Waals surface area contributed by atoms with E-state index in [1.54, 1.807) is 22.9 Å². The van der Waals surface area contributed by atoms with E-state index in [1.165, 1.54) is 11.8 Å². The molecule has 2 N–H and O–H groups in total. The van der Waals surface area contributed by atoms with Crippen LogP contribution in [0.5, 0.6) is 0 Å². The Balaban J connectivity index is 1.83. The van der Waals surface area contributed by atoms with Gasteiger partial charge in [-0.15, -0.1) is 0 Å². The average Bonchev–Trinajstić information content (AvgIpc) is 2.98. The molecule has 0 aromatic carbocycles. The van der Waals surface area contributed by atoms with Crippen molar-refractivity contribution >= 4 is 46.0 Å². The number of aryl methyl sites for hydroxylation is 1. The molecular formula is C18H20ClN5O2S. The van der Waals surface area contributed by atoms with Crippen LogP contribution in [0.25, 0.3) is 11.0 Å². The van der Waals surface area contributed by atoms with Gasteiger partial charge in [-0.2, -0.15) is 0 Å². The highest BCUT2D eigenvalue weighted by molar-refractivity contribution is 7.99. The van der Waals surface area contributed by atoms with Gasteiger partial charge in [0.25, 0.3) is 5.56 Å². The number of pyridine rings is 1. The Hall–Kier alpha value is -2.32. The fraction of sp³-hybridized carbons (Fsp3) is 0.333. The molecule has 0 unspecified atom stereocenters. The minimum absolute atomic E-state index is 0.102.